The number of Topliss-reactive ketones (excluding diaryl/α,β-unsaturated/α-hetero) is 1. The number of carbonyl (C=O) groups excluding carboxylic acids is 2. The van der Waals surface area contributed by atoms with Crippen LogP contribution in [0.4, 0.5) is 4.79 Å². The zero-order valence-corrected chi connectivity index (χ0v) is 14.3. The van der Waals surface area contributed by atoms with E-state index >= 15 is 0 Å². The topological polar surface area (TPSA) is 92.3 Å². The highest BCUT2D eigenvalue weighted by Gasteiger charge is 2.29. The smallest absolute Gasteiger partial charge is 0.430 e. The van der Waals surface area contributed by atoms with E-state index in [1.54, 1.807) is 32.9 Å². The van der Waals surface area contributed by atoms with Crippen LogP contribution in [0.25, 0.3) is 5.76 Å². The van der Waals surface area contributed by atoms with Gasteiger partial charge in [-0.25, -0.2) is 9.80 Å². The average molecular weight is 334 g/mol. The molecule has 0 aromatic carbocycles. The van der Waals surface area contributed by atoms with Gasteiger partial charge in [0.1, 0.15) is 5.60 Å². The van der Waals surface area contributed by atoms with Crippen LogP contribution in [0.15, 0.2) is 33.5 Å². The van der Waals surface area contributed by atoms with Crippen molar-refractivity contribution in [2.24, 2.45) is 5.10 Å². The maximum atomic E-state index is 12.2. The van der Waals surface area contributed by atoms with E-state index in [1.807, 2.05) is 0 Å². The molecule has 0 aliphatic heterocycles. The maximum Gasteiger partial charge on any atom is 0.430 e. The van der Waals surface area contributed by atoms with Crippen LogP contribution in [0.2, 0.25) is 0 Å². The summed E-state index contributed by atoms with van der Waals surface area (Å²) in [5.74, 6) is -0.305. The Hall–Kier alpha value is -2.57. The van der Waals surface area contributed by atoms with Crippen molar-refractivity contribution in [2.75, 3.05) is 7.05 Å². The molecule has 0 saturated heterocycles. The summed E-state index contributed by atoms with van der Waals surface area (Å²) < 4.78 is 10.4. The van der Waals surface area contributed by atoms with Gasteiger partial charge in [0.15, 0.2) is 17.3 Å². The van der Waals surface area contributed by atoms with Crippen molar-refractivity contribution in [3.63, 3.8) is 0 Å². The Morgan fingerprint density at radius 3 is 2.67 bits per heavy atom. The van der Waals surface area contributed by atoms with Crippen LogP contribution >= 0.6 is 0 Å². The lowest BCUT2D eigenvalue weighted by Gasteiger charge is -2.24. The van der Waals surface area contributed by atoms with Gasteiger partial charge >= 0.3 is 6.09 Å². The van der Waals surface area contributed by atoms with Crippen LogP contribution in [-0.2, 0) is 9.53 Å². The van der Waals surface area contributed by atoms with Crippen molar-refractivity contribution in [1.82, 2.24) is 5.01 Å². The van der Waals surface area contributed by atoms with Crippen molar-refractivity contribution >= 4 is 23.3 Å². The van der Waals surface area contributed by atoms with Gasteiger partial charge in [-0.15, -0.1) is 0 Å². The Labute approximate surface area is 140 Å². The number of hydrogen-bond acceptors (Lipinski definition) is 6. The van der Waals surface area contributed by atoms with E-state index in [9.17, 15) is 14.7 Å². The second-order valence-electron chi connectivity index (χ2n) is 6.53. The predicted molar refractivity (Wildman–Crippen MR) is 88.5 cm³/mol. The van der Waals surface area contributed by atoms with E-state index in [-0.39, 0.29) is 22.9 Å². The third-order valence-electron chi connectivity index (χ3n) is 3.30. The number of ketones is 1. The number of aliphatic hydroxyl groups is 1. The van der Waals surface area contributed by atoms with Crippen LogP contribution in [0.5, 0.6) is 0 Å². The number of hydrazone groups is 1. The zero-order chi connectivity index (χ0) is 17.9. The summed E-state index contributed by atoms with van der Waals surface area (Å²) in [6, 6.07) is 3.17. The molecule has 1 amide bonds. The van der Waals surface area contributed by atoms with Gasteiger partial charge in [-0.3, -0.25) is 4.79 Å². The van der Waals surface area contributed by atoms with E-state index in [4.69, 9.17) is 9.15 Å². The molecule has 1 heterocycles. The van der Waals surface area contributed by atoms with Gasteiger partial charge in [0.2, 0.25) is 0 Å². The lowest BCUT2D eigenvalue weighted by molar-refractivity contribution is -0.115. The molecule has 1 saturated carbocycles. The number of allylic oxidation sites excluding steroid dienone is 1. The molecule has 1 aliphatic carbocycles. The number of aliphatic hydroxyl groups excluding tert-OH is 1. The summed E-state index contributed by atoms with van der Waals surface area (Å²) in [4.78, 5) is 24.3. The molecule has 7 heteroatoms. The summed E-state index contributed by atoms with van der Waals surface area (Å²) in [5, 5.41) is 15.6. The molecule has 0 atom stereocenters. The van der Waals surface area contributed by atoms with Crippen molar-refractivity contribution in [3.05, 3.63) is 29.7 Å². The third-order valence-corrected chi connectivity index (χ3v) is 3.30. The van der Waals surface area contributed by atoms with Gasteiger partial charge in [0.25, 0.3) is 0 Å². The lowest BCUT2D eigenvalue weighted by atomic mass is 9.90. The fraction of sp³-hybridized carbons (Fsp3) is 0.471. The quantitative estimate of drug-likeness (QED) is 0.507. The normalized spacial score (nSPS) is 19.3. The number of hydrogen-bond donors (Lipinski definition) is 1. The Kier molecular flexibility index (Phi) is 5.11. The molecule has 1 aromatic rings. The first-order valence-electron chi connectivity index (χ1n) is 7.74. The molecular formula is C17H22N2O5. The summed E-state index contributed by atoms with van der Waals surface area (Å²) in [6.07, 6.45) is 2.16. The van der Waals surface area contributed by atoms with Gasteiger partial charge in [0, 0.05) is 13.5 Å². The number of amides is 1. The minimum Gasteiger partial charge on any atom is -0.504 e. The Morgan fingerprint density at radius 1 is 1.38 bits per heavy atom. The average Bonchev–Trinajstić information content (AvgIpc) is 2.99. The van der Waals surface area contributed by atoms with Gasteiger partial charge in [-0.05, 0) is 45.7 Å². The predicted octanol–water partition coefficient (Wildman–Crippen LogP) is 3.52. The highest BCUT2D eigenvalue weighted by atomic mass is 16.6. The highest BCUT2D eigenvalue weighted by Crippen LogP contribution is 2.26. The molecular weight excluding hydrogens is 312 g/mol. The zero-order valence-electron chi connectivity index (χ0n) is 14.3. The molecule has 1 aromatic heterocycles. The first-order valence-corrected chi connectivity index (χ1v) is 7.74. The Bertz CT molecular complexity index is 680. The summed E-state index contributed by atoms with van der Waals surface area (Å²) in [6.45, 7) is 5.26. The number of ether oxygens (including phenoxy) is 1. The maximum absolute atomic E-state index is 12.2. The van der Waals surface area contributed by atoms with Gasteiger partial charge in [0.05, 0.1) is 17.5 Å². The standard InChI is InChI=1S/C17H22N2O5/c1-17(2,3)24-16(22)19(4)18-11-7-5-8-12(20)14(11)15(21)13-9-6-10-23-13/h6,9-10,21H,5,7-8H2,1-4H3. The molecule has 1 fully saturated rings. The minimum atomic E-state index is -0.650. The number of rotatable bonds is 2. The van der Waals surface area contributed by atoms with E-state index in [1.165, 1.54) is 13.3 Å². The van der Waals surface area contributed by atoms with Crippen molar-refractivity contribution in [3.8, 4) is 0 Å². The SMILES string of the molecule is CN(N=C1CCCC(=O)C1=C(O)c1ccco1)C(=O)OC(C)(C)C. The van der Waals surface area contributed by atoms with E-state index in [2.05, 4.69) is 5.10 Å². The van der Waals surface area contributed by atoms with Gasteiger partial charge < -0.3 is 14.3 Å². The first kappa shape index (κ1) is 17.8. The lowest BCUT2D eigenvalue weighted by Crippen LogP contribution is -2.33. The van der Waals surface area contributed by atoms with Crippen molar-refractivity contribution in [2.45, 2.75) is 45.6 Å². The number of nitrogens with zero attached hydrogens (tertiary/aromatic N) is 2. The summed E-state index contributed by atoms with van der Waals surface area (Å²) in [7, 11) is 1.45. The molecule has 0 bridgehead atoms. The second kappa shape index (κ2) is 6.90. The van der Waals surface area contributed by atoms with Gasteiger partial charge in [-0.2, -0.15) is 5.10 Å². The van der Waals surface area contributed by atoms with Crippen LogP contribution in [0.1, 0.15) is 45.8 Å². The molecule has 0 spiro atoms. The third kappa shape index (κ3) is 4.24. The Balaban J connectivity index is 2.33. The van der Waals surface area contributed by atoms with Crippen molar-refractivity contribution < 1.29 is 23.8 Å². The number of carbonyl (C=O) groups is 2. The molecule has 0 unspecified atom stereocenters. The highest BCUT2D eigenvalue weighted by molar-refractivity contribution is 6.27. The summed E-state index contributed by atoms with van der Waals surface area (Å²) in [5.41, 5.74) is -0.219. The van der Waals surface area contributed by atoms with E-state index in [0.717, 1.165) is 5.01 Å². The number of furan rings is 1. The van der Waals surface area contributed by atoms with Crippen LogP contribution in [-0.4, -0.2) is 40.4 Å². The monoisotopic (exact) mass is 334 g/mol. The molecule has 7 nitrogen and oxygen atoms in total. The Morgan fingerprint density at radius 2 is 2.08 bits per heavy atom. The fourth-order valence-corrected chi connectivity index (χ4v) is 2.28. The molecule has 1 N–H and O–H groups in total. The van der Waals surface area contributed by atoms with E-state index in [0.29, 0.717) is 25.0 Å². The second-order valence-corrected chi connectivity index (χ2v) is 6.53. The van der Waals surface area contributed by atoms with Crippen LogP contribution in [0, 0.1) is 0 Å². The van der Waals surface area contributed by atoms with Crippen molar-refractivity contribution in [1.29, 1.82) is 0 Å². The first-order chi connectivity index (χ1) is 11.2. The molecule has 1 aliphatic rings. The molecule has 0 radical (unpaired) electrons. The van der Waals surface area contributed by atoms with E-state index < -0.39 is 11.7 Å². The minimum absolute atomic E-state index is 0.0895. The van der Waals surface area contributed by atoms with Crippen LogP contribution < -0.4 is 0 Å². The molecule has 24 heavy (non-hydrogen) atoms. The van der Waals surface area contributed by atoms with Gasteiger partial charge in [-0.1, -0.05) is 0 Å². The molecule has 130 valence electrons. The molecule has 2 rings (SSSR count). The summed E-state index contributed by atoms with van der Waals surface area (Å²) >= 11 is 0. The largest absolute Gasteiger partial charge is 0.504 e. The van der Waals surface area contributed by atoms with Crippen LogP contribution in [0.3, 0.4) is 0 Å². The fourth-order valence-electron chi connectivity index (χ4n) is 2.28.